The van der Waals surface area contributed by atoms with Crippen LogP contribution in [0.1, 0.15) is 23.6 Å². The summed E-state index contributed by atoms with van der Waals surface area (Å²) in [5.74, 6) is -3.32. The van der Waals surface area contributed by atoms with Gasteiger partial charge in [-0.05, 0) is 52.4 Å². The molecule has 0 atom stereocenters. The molecule has 0 unspecified atom stereocenters. The Hall–Kier alpha value is -2.62. The molecule has 4 heteroatoms. The fraction of sp³-hybridized carbons (Fsp3) is 0.143. The first-order chi connectivity index (χ1) is 12.0. The number of halogens is 4. The molecule has 0 radical (unpaired) electrons. The van der Waals surface area contributed by atoms with Gasteiger partial charge in [0.15, 0.2) is 0 Å². The highest BCUT2D eigenvalue weighted by atomic mass is 19.1. The van der Waals surface area contributed by atoms with Crippen LogP contribution in [0.4, 0.5) is 17.6 Å². The van der Waals surface area contributed by atoms with Crippen LogP contribution in [0.5, 0.6) is 0 Å². The first-order valence-corrected chi connectivity index (χ1v) is 8.07. The fourth-order valence-electron chi connectivity index (χ4n) is 3.50. The van der Waals surface area contributed by atoms with Crippen molar-refractivity contribution in [3.05, 3.63) is 82.4 Å². The van der Waals surface area contributed by atoms with Crippen molar-refractivity contribution >= 4 is 0 Å². The molecule has 0 fully saturated rings. The Morgan fingerprint density at radius 2 is 1.56 bits per heavy atom. The Bertz CT molecular complexity index is 985. The standard InChI is InChI=1S/C21H14F4/c1-2-11-3-4-16-12(5-11)8-18-17(16)10-19(24)20(21(18)25)13-6-14(22)9-15(23)7-13/h3-7,9-10H,2,8H2,1H3. The van der Waals surface area contributed by atoms with Crippen molar-refractivity contribution in [2.24, 2.45) is 0 Å². The van der Waals surface area contributed by atoms with E-state index in [0.717, 1.165) is 35.2 Å². The van der Waals surface area contributed by atoms with E-state index in [-0.39, 0.29) is 11.1 Å². The molecule has 0 bridgehead atoms. The van der Waals surface area contributed by atoms with E-state index in [1.165, 1.54) is 6.07 Å². The fourth-order valence-corrected chi connectivity index (χ4v) is 3.50. The first-order valence-electron chi connectivity index (χ1n) is 8.07. The van der Waals surface area contributed by atoms with E-state index in [1.807, 2.05) is 25.1 Å². The van der Waals surface area contributed by atoms with Crippen LogP contribution in [0.25, 0.3) is 22.3 Å². The molecule has 0 heterocycles. The molecule has 4 rings (SSSR count). The maximum Gasteiger partial charge on any atom is 0.138 e. The molecule has 0 nitrogen and oxygen atoms in total. The number of benzene rings is 3. The summed E-state index contributed by atoms with van der Waals surface area (Å²) in [6.45, 7) is 2.03. The van der Waals surface area contributed by atoms with E-state index in [4.69, 9.17) is 0 Å². The van der Waals surface area contributed by atoms with Crippen LogP contribution in [-0.2, 0) is 12.8 Å². The van der Waals surface area contributed by atoms with Crippen molar-refractivity contribution in [2.75, 3.05) is 0 Å². The molecule has 3 aromatic carbocycles. The monoisotopic (exact) mass is 342 g/mol. The molecular weight excluding hydrogens is 328 g/mol. The zero-order chi connectivity index (χ0) is 17.7. The molecule has 0 aromatic heterocycles. The van der Waals surface area contributed by atoms with Crippen LogP contribution in [0.15, 0.2) is 42.5 Å². The summed E-state index contributed by atoms with van der Waals surface area (Å²) in [5.41, 5.74) is 3.22. The second-order valence-corrected chi connectivity index (χ2v) is 6.25. The Morgan fingerprint density at radius 3 is 2.24 bits per heavy atom. The van der Waals surface area contributed by atoms with Crippen molar-refractivity contribution < 1.29 is 17.6 Å². The lowest BCUT2D eigenvalue weighted by atomic mass is 9.97. The zero-order valence-electron chi connectivity index (χ0n) is 13.5. The Morgan fingerprint density at radius 1 is 0.840 bits per heavy atom. The minimum Gasteiger partial charge on any atom is -0.207 e. The second kappa shape index (κ2) is 5.73. The van der Waals surface area contributed by atoms with Gasteiger partial charge in [-0.25, -0.2) is 17.6 Å². The van der Waals surface area contributed by atoms with Gasteiger partial charge >= 0.3 is 0 Å². The van der Waals surface area contributed by atoms with Gasteiger partial charge in [0.05, 0.1) is 5.56 Å². The molecule has 3 aromatic rings. The molecule has 0 amide bonds. The number of hydrogen-bond acceptors (Lipinski definition) is 0. The number of fused-ring (bicyclic) bond motifs is 3. The average Bonchev–Trinajstić information content (AvgIpc) is 2.92. The molecule has 126 valence electrons. The summed E-state index contributed by atoms with van der Waals surface area (Å²) >= 11 is 0. The maximum atomic E-state index is 15.0. The van der Waals surface area contributed by atoms with Gasteiger partial charge in [-0.2, -0.15) is 0 Å². The molecule has 0 N–H and O–H groups in total. The highest BCUT2D eigenvalue weighted by Gasteiger charge is 2.27. The molecule has 0 saturated heterocycles. The summed E-state index contributed by atoms with van der Waals surface area (Å²) in [5, 5.41) is 0. The Kier molecular flexibility index (Phi) is 3.64. The van der Waals surface area contributed by atoms with Crippen molar-refractivity contribution in [1.82, 2.24) is 0 Å². The topological polar surface area (TPSA) is 0 Å². The van der Waals surface area contributed by atoms with Crippen molar-refractivity contribution in [2.45, 2.75) is 19.8 Å². The van der Waals surface area contributed by atoms with E-state index in [9.17, 15) is 13.2 Å². The minimum absolute atomic E-state index is 0.138. The Balaban J connectivity index is 1.91. The third kappa shape index (κ3) is 2.53. The lowest BCUT2D eigenvalue weighted by molar-refractivity contribution is 0.575. The summed E-state index contributed by atoms with van der Waals surface area (Å²) < 4.78 is 56.6. The van der Waals surface area contributed by atoms with E-state index < -0.39 is 23.3 Å². The van der Waals surface area contributed by atoms with Gasteiger partial charge in [-0.3, -0.25) is 0 Å². The zero-order valence-corrected chi connectivity index (χ0v) is 13.5. The van der Waals surface area contributed by atoms with E-state index in [0.29, 0.717) is 23.6 Å². The van der Waals surface area contributed by atoms with Crippen LogP contribution in [0, 0.1) is 23.3 Å². The second-order valence-electron chi connectivity index (χ2n) is 6.25. The summed E-state index contributed by atoms with van der Waals surface area (Å²) in [4.78, 5) is 0. The highest BCUT2D eigenvalue weighted by Crippen LogP contribution is 2.42. The van der Waals surface area contributed by atoms with Gasteiger partial charge in [-0.15, -0.1) is 0 Å². The van der Waals surface area contributed by atoms with E-state index >= 15 is 4.39 Å². The van der Waals surface area contributed by atoms with Gasteiger partial charge < -0.3 is 0 Å². The predicted molar refractivity (Wildman–Crippen MR) is 89.3 cm³/mol. The molecule has 0 spiro atoms. The van der Waals surface area contributed by atoms with Gasteiger partial charge in [0.1, 0.15) is 23.3 Å². The van der Waals surface area contributed by atoms with Gasteiger partial charge in [0.25, 0.3) is 0 Å². The van der Waals surface area contributed by atoms with Crippen LogP contribution in [0.2, 0.25) is 0 Å². The first kappa shape index (κ1) is 15.9. The smallest absolute Gasteiger partial charge is 0.138 e. The molecular formula is C21H14F4. The van der Waals surface area contributed by atoms with Crippen LogP contribution in [-0.4, -0.2) is 0 Å². The SMILES string of the molecule is CCc1ccc2c(c1)Cc1c-2cc(F)c(-c2cc(F)cc(F)c2)c1F. The number of rotatable bonds is 2. The van der Waals surface area contributed by atoms with Crippen molar-refractivity contribution in [3.63, 3.8) is 0 Å². The maximum absolute atomic E-state index is 15.0. The number of hydrogen-bond donors (Lipinski definition) is 0. The van der Waals surface area contributed by atoms with E-state index in [2.05, 4.69) is 0 Å². The molecule has 1 aliphatic carbocycles. The molecule has 0 aliphatic heterocycles. The summed E-state index contributed by atoms with van der Waals surface area (Å²) in [7, 11) is 0. The molecule has 25 heavy (non-hydrogen) atoms. The normalized spacial score (nSPS) is 12.2. The average molecular weight is 342 g/mol. The van der Waals surface area contributed by atoms with Gasteiger partial charge in [0.2, 0.25) is 0 Å². The quantitative estimate of drug-likeness (QED) is 0.389. The molecule has 0 saturated carbocycles. The highest BCUT2D eigenvalue weighted by molar-refractivity contribution is 5.81. The van der Waals surface area contributed by atoms with Crippen LogP contribution in [0.3, 0.4) is 0 Å². The van der Waals surface area contributed by atoms with Crippen molar-refractivity contribution in [3.8, 4) is 22.3 Å². The van der Waals surface area contributed by atoms with Gasteiger partial charge in [-0.1, -0.05) is 25.1 Å². The minimum atomic E-state index is -0.870. The third-order valence-electron chi connectivity index (χ3n) is 4.71. The summed E-state index contributed by atoms with van der Waals surface area (Å²) in [6, 6.07) is 9.62. The van der Waals surface area contributed by atoms with Crippen LogP contribution >= 0.6 is 0 Å². The molecule has 1 aliphatic rings. The lowest BCUT2D eigenvalue weighted by Gasteiger charge is -2.11. The lowest BCUT2D eigenvalue weighted by Crippen LogP contribution is -1.98. The van der Waals surface area contributed by atoms with E-state index in [1.54, 1.807) is 0 Å². The largest absolute Gasteiger partial charge is 0.207 e. The number of aryl methyl sites for hydroxylation is 1. The third-order valence-corrected chi connectivity index (χ3v) is 4.71. The van der Waals surface area contributed by atoms with Gasteiger partial charge in [0, 0.05) is 18.1 Å². The van der Waals surface area contributed by atoms with Crippen LogP contribution < -0.4 is 0 Å². The summed E-state index contributed by atoms with van der Waals surface area (Å²) in [6.07, 6.45) is 1.20. The predicted octanol–water partition coefficient (Wildman–Crippen LogP) is 6.04. The van der Waals surface area contributed by atoms with Crippen molar-refractivity contribution in [1.29, 1.82) is 0 Å². The Labute approximate surface area is 142 Å².